The first kappa shape index (κ1) is 11.0. The first-order valence-corrected chi connectivity index (χ1v) is 6.39. The van der Waals surface area contributed by atoms with Gasteiger partial charge < -0.3 is 4.98 Å². The van der Waals surface area contributed by atoms with Gasteiger partial charge in [0.2, 0.25) is 0 Å². The number of para-hydroxylation sites is 1. The minimum atomic E-state index is -0.198. The summed E-state index contributed by atoms with van der Waals surface area (Å²) >= 11 is 0. The largest absolute Gasteiger partial charge is 0.350 e. The summed E-state index contributed by atoms with van der Waals surface area (Å²) in [6, 6.07) is 17.7. The molecule has 0 atom stereocenters. The van der Waals surface area contributed by atoms with Gasteiger partial charge in [-0.05, 0) is 6.07 Å². The number of aromatic amines is 2. The summed E-state index contributed by atoms with van der Waals surface area (Å²) in [6.07, 6.45) is 0. The van der Waals surface area contributed by atoms with E-state index in [9.17, 15) is 4.79 Å². The number of rotatable bonds is 1. The summed E-state index contributed by atoms with van der Waals surface area (Å²) < 4.78 is 0. The molecule has 0 unspecified atom stereocenters. The minimum absolute atomic E-state index is 0.198. The van der Waals surface area contributed by atoms with E-state index in [-0.39, 0.29) is 5.56 Å². The van der Waals surface area contributed by atoms with Gasteiger partial charge >= 0.3 is 0 Å². The number of benzene rings is 2. The van der Waals surface area contributed by atoms with Gasteiger partial charge in [0.25, 0.3) is 5.56 Å². The van der Waals surface area contributed by atoms with Crippen molar-refractivity contribution in [3.63, 3.8) is 0 Å². The molecule has 0 bridgehead atoms. The van der Waals surface area contributed by atoms with Crippen LogP contribution in [0.15, 0.2) is 59.4 Å². The van der Waals surface area contributed by atoms with Crippen molar-refractivity contribution in [2.45, 2.75) is 0 Å². The van der Waals surface area contributed by atoms with Crippen LogP contribution < -0.4 is 5.56 Å². The lowest BCUT2D eigenvalue weighted by atomic mass is 10.1. The fourth-order valence-electron chi connectivity index (χ4n) is 2.58. The second kappa shape index (κ2) is 4.06. The Bertz CT molecular complexity index is 967. The van der Waals surface area contributed by atoms with Crippen molar-refractivity contribution in [3.8, 4) is 11.3 Å². The summed E-state index contributed by atoms with van der Waals surface area (Å²) in [5.41, 5.74) is 3.09. The van der Waals surface area contributed by atoms with Crippen LogP contribution >= 0.6 is 0 Å². The number of H-pyrrole nitrogens is 2. The lowest BCUT2D eigenvalue weighted by Gasteiger charge is -2.02. The van der Waals surface area contributed by atoms with Crippen molar-refractivity contribution in [1.29, 1.82) is 0 Å². The Morgan fingerprint density at radius 1 is 0.900 bits per heavy atom. The zero-order valence-electron chi connectivity index (χ0n) is 10.6. The molecule has 2 aromatic heterocycles. The third-order valence-corrected chi connectivity index (χ3v) is 3.49. The normalized spacial score (nSPS) is 11.2. The van der Waals surface area contributed by atoms with Crippen molar-refractivity contribution in [3.05, 3.63) is 65.0 Å². The molecule has 2 aromatic carbocycles. The molecular formula is C16H11N3O. The van der Waals surface area contributed by atoms with Crippen molar-refractivity contribution >= 4 is 21.8 Å². The molecule has 0 saturated heterocycles. The Labute approximate surface area is 114 Å². The number of hydrogen-bond acceptors (Lipinski definition) is 2. The highest BCUT2D eigenvalue weighted by Crippen LogP contribution is 2.30. The molecule has 4 heteroatoms. The maximum Gasteiger partial charge on any atom is 0.288 e. The highest BCUT2D eigenvalue weighted by Gasteiger charge is 2.13. The fourth-order valence-corrected chi connectivity index (χ4v) is 2.58. The van der Waals surface area contributed by atoms with Crippen LogP contribution in [0.4, 0.5) is 0 Å². The molecule has 0 aliphatic carbocycles. The summed E-state index contributed by atoms with van der Waals surface area (Å²) in [5, 5.41) is 8.69. The first-order valence-electron chi connectivity index (χ1n) is 6.39. The molecule has 2 heterocycles. The zero-order valence-corrected chi connectivity index (χ0v) is 10.6. The van der Waals surface area contributed by atoms with E-state index in [4.69, 9.17) is 0 Å². The molecule has 0 aliphatic rings. The smallest absolute Gasteiger partial charge is 0.288 e. The van der Waals surface area contributed by atoms with E-state index in [0.29, 0.717) is 5.52 Å². The van der Waals surface area contributed by atoms with E-state index in [2.05, 4.69) is 15.2 Å². The van der Waals surface area contributed by atoms with Crippen LogP contribution in [0.5, 0.6) is 0 Å². The van der Waals surface area contributed by atoms with Crippen LogP contribution in [0.3, 0.4) is 0 Å². The van der Waals surface area contributed by atoms with Gasteiger partial charge in [-0.3, -0.25) is 4.79 Å². The summed E-state index contributed by atoms with van der Waals surface area (Å²) in [4.78, 5) is 15.2. The molecule has 96 valence electrons. The van der Waals surface area contributed by atoms with Crippen LogP contribution in [-0.4, -0.2) is 15.2 Å². The van der Waals surface area contributed by atoms with Crippen molar-refractivity contribution < 1.29 is 0 Å². The molecule has 4 rings (SSSR count). The lowest BCUT2D eigenvalue weighted by molar-refractivity contribution is 1.01. The van der Waals surface area contributed by atoms with Crippen LogP contribution in [0.25, 0.3) is 33.1 Å². The third kappa shape index (κ3) is 1.48. The average molecular weight is 261 g/mol. The molecular weight excluding hydrogens is 250 g/mol. The standard InChI is InChI=1S/C16H11N3O/c20-16-15-13(11-8-4-5-9-12(11)17-15)14(18-19-16)10-6-2-1-3-7-10/h1-9,17H,(H,19,20). The maximum atomic E-state index is 12.0. The van der Waals surface area contributed by atoms with E-state index in [0.717, 1.165) is 27.5 Å². The zero-order chi connectivity index (χ0) is 13.5. The highest BCUT2D eigenvalue weighted by molar-refractivity contribution is 6.12. The summed E-state index contributed by atoms with van der Waals surface area (Å²) in [5.74, 6) is 0. The quantitative estimate of drug-likeness (QED) is 0.553. The Morgan fingerprint density at radius 2 is 1.65 bits per heavy atom. The lowest BCUT2D eigenvalue weighted by Crippen LogP contribution is -2.09. The number of nitrogens with one attached hydrogen (secondary N) is 2. The number of nitrogens with zero attached hydrogens (tertiary/aromatic N) is 1. The Balaban J connectivity index is 2.22. The maximum absolute atomic E-state index is 12.0. The molecule has 0 radical (unpaired) electrons. The monoisotopic (exact) mass is 261 g/mol. The SMILES string of the molecule is O=c1[nH]nc(-c2ccccc2)c2c1[nH]c1ccccc12. The predicted molar refractivity (Wildman–Crippen MR) is 79.7 cm³/mol. The Morgan fingerprint density at radius 3 is 2.50 bits per heavy atom. The third-order valence-electron chi connectivity index (χ3n) is 3.49. The number of aromatic nitrogens is 3. The van der Waals surface area contributed by atoms with Crippen molar-refractivity contribution in [2.75, 3.05) is 0 Å². The minimum Gasteiger partial charge on any atom is -0.350 e. The second-order valence-electron chi connectivity index (χ2n) is 4.69. The van der Waals surface area contributed by atoms with Crippen molar-refractivity contribution in [2.24, 2.45) is 0 Å². The summed E-state index contributed by atoms with van der Waals surface area (Å²) in [6.45, 7) is 0. The van der Waals surface area contributed by atoms with Crippen LogP contribution in [-0.2, 0) is 0 Å². The molecule has 0 saturated carbocycles. The topological polar surface area (TPSA) is 61.5 Å². The Kier molecular flexibility index (Phi) is 2.23. The van der Waals surface area contributed by atoms with E-state index in [1.807, 2.05) is 54.6 Å². The van der Waals surface area contributed by atoms with Gasteiger partial charge in [-0.1, -0.05) is 48.5 Å². The van der Waals surface area contributed by atoms with Gasteiger partial charge in [0.15, 0.2) is 0 Å². The average Bonchev–Trinajstić information content (AvgIpc) is 2.89. The van der Waals surface area contributed by atoms with Crippen molar-refractivity contribution in [1.82, 2.24) is 15.2 Å². The molecule has 0 aliphatic heterocycles. The summed E-state index contributed by atoms with van der Waals surface area (Å²) in [7, 11) is 0. The molecule has 2 N–H and O–H groups in total. The van der Waals surface area contributed by atoms with Crippen LogP contribution in [0.2, 0.25) is 0 Å². The van der Waals surface area contributed by atoms with E-state index in [1.54, 1.807) is 0 Å². The van der Waals surface area contributed by atoms with E-state index in [1.165, 1.54) is 0 Å². The van der Waals surface area contributed by atoms with Gasteiger partial charge in [0.1, 0.15) is 11.2 Å². The molecule has 4 aromatic rings. The number of fused-ring (bicyclic) bond motifs is 3. The van der Waals surface area contributed by atoms with Crippen LogP contribution in [0, 0.1) is 0 Å². The van der Waals surface area contributed by atoms with Gasteiger partial charge in [0, 0.05) is 21.9 Å². The van der Waals surface area contributed by atoms with Crippen LogP contribution in [0.1, 0.15) is 0 Å². The fraction of sp³-hybridized carbons (Fsp3) is 0. The predicted octanol–water partition coefficient (Wildman–Crippen LogP) is 3.07. The molecule has 0 fully saturated rings. The highest BCUT2D eigenvalue weighted by atomic mass is 16.1. The molecule has 0 spiro atoms. The molecule has 4 nitrogen and oxygen atoms in total. The number of hydrogen-bond donors (Lipinski definition) is 2. The van der Waals surface area contributed by atoms with E-state index >= 15 is 0 Å². The molecule has 20 heavy (non-hydrogen) atoms. The molecule has 0 amide bonds. The Hall–Kier alpha value is -2.88. The second-order valence-corrected chi connectivity index (χ2v) is 4.69. The van der Waals surface area contributed by atoms with Gasteiger partial charge in [0.05, 0.1) is 0 Å². The van der Waals surface area contributed by atoms with E-state index < -0.39 is 0 Å². The van der Waals surface area contributed by atoms with Gasteiger partial charge in [-0.15, -0.1) is 0 Å². The van der Waals surface area contributed by atoms with Gasteiger partial charge in [-0.2, -0.15) is 5.10 Å². The first-order chi connectivity index (χ1) is 9.84. The van der Waals surface area contributed by atoms with Gasteiger partial charge in [-0.25, -0.2) is 5.10 Å².